The average Bonchev–Trinajstić information content (AvgIpc) is 3.31. The standard InChI is InChI=1S/C32H35N3O7/c1-31(2,3)41-30(39)33-19-21-9-12-27-25(17-21)32(20-40-27)13-15-35(16-14-32)29(38)22-10-11-24(26(36)18-22)28(37)34-42-23-7-5-4-6-8-23/h4-12,17-18,36H,13-16,19-20H2,1-3H3,(H,33,39)(H,34,37). The highest BCUT2D eigenvalue weighted by Gasteiger charge is 2.44. The smallest absolute Gasteiger partial charge is 0.407 e. The first kappa shape index (κ1) is 28.8. The molecule has 2 aliphatic rings. The maximum atomic E-state index is 13.3. The normalized spacial score (nSPS) is 15.4. The average molecular weight is 574 g/mol. The molecular weight excluding hydrogens is 538 g/mol. The number of hydrogen-bond donors (Lipinski definition) is 3. The number of fused-ring (bicyclic) bond motifs is 2. The highest BCUT2D eigenvalue weighted by molar-refractivity contribution is 5.99. The third-order valence-corrected chi connectivity index (χ3v) is 7.46. The van der Waals surface area contributed by atoms with Crippen molar-refractivity contribution < 1.29 is 33.8 Å². The van der Waals surface area contributed by atoms with E-state index in [2.05, 4.69) is 16.9 Å². The molecule has 2 heterocycles. The van der Waals surface area contributed by atoms with Gasteiger partial charge in [0.2, 0.25) is 0 Å². The van der Waals surface area contributed by atoms with E-state index in [0.29, 0.717) is 50.4 Å². The summed E-state index contributed by atoms with van der Waals surface area (Å²) in [6, 6.07) is 18.9. The second-order valence-corrected chi connectivity index (χ2v) is 11.6. The van der Waals surface area contributed by atoms with Crippen LogP contribution in [0.5, 0.6) is 17.2 Å². The van der Waals surface area contributed by atoms with Crippen molar-refractivity contribution in [1.29, 1.82) is 0 Å². The quantitative estimate of drug-likeness (QED) is 0.365. The molecule has 3 amide bonds. The number of aromatic hydroxyl groups is 1. The van der Waals surface area contributed by atoms with Gasteiger partial charge in [0.15, 0.2) is 5.75 Å². The minimum atomic E-state index is -0.629. The molecule has 10 nitrogen and oxygen atoms in total. The van der Waals surface area contributed by atoms with Crippen LogP contribution in [-0.2, 0) is 16.7 Å². The van der Waals surface area contributed by atoms with Gasteiger partial charge in [-0.1, -0.05) is 24.3 Å². The van der Waals surface area contributed by atoms with Crippen molar-refractivity contribution in [2.75, 3.05) is 19.7 Å². The van der Waals surface area contributed by atoms with Gasteiger partial charge < -0.3 is 29.6 Å². The lowest BCUT2D eigenvalue weighted by molar-refractivity contribution is 0.0523. The van der Waals surface area contributed by atoms with Gasteiger partial charge in [0.1, 0.15) is 17.1 Å². The zero-order valence-corrected chi connectivity index (χ0v) is 23.9. The van der Waals surface area contributed by atoms with Gasteiger partial charge in [-0.15, -0.1) is 0 Å². The molecule has 0 atom stereocenters. The summed E-state index contributed by atoms with van der Waals surface area (Å²) in [4.78, 5) is 44.9. The summed E-state index contributed by atoms with van der Waals surface area (Å²) in [7, 11) is 0. The van der Waals surface area contributed by atoms with E-state index in [-0.39, 0.29) is 22.6 Å². The van der Waals surface area contributed by atoms with Crippen LogP contribution in [0.3, 0.4) is 0 Å². The Balaban J connectivity index is 1.19. The molecule has 42 heavy (non-hydrogen) atoms. The van der Waals surface area contributed by atoms with Gasteiger partial charge in [0, 0.05) is 36.2 Å². The number of nitrogens with one attached hydrogen (secondary N) is 2. The molecule has 1 spiro atoms. The Kier molecular flexibility index (Phi) is 7.98. The van der Waals surface area contributed by atoms with Gasteiger partial charge in [-0.05, 0) is 81.6 Å². The Bertz CT molecular complexity index is 1480. The molecule has 0 aliphatic carbocycles. The van der Waals surface area contributed by atoms with E-state index >= 15 is 0 Å². The number of ether oxygens (including phenoxy) is 2. The molecule has 3 aromatic rings. The predicted molar refractivity (Wildman–Crippen MR) is 154 cm³/mol. The first-order valence-corrected chi connectivity index (χ1v) is 13.9. The van der Waals surface area contributed by atoms with Crippen molar-refractivity contribution in [1.82, 2.24) is 15.7 Å². The van der Waals surface area contributed by atoms with Crippen molar-refractivity contribution in [3.05, 3.63) is 89.0 Å². The van der Waals surface area contributed by atoms with Crippen LogP contribution in [0.2, 0.25) is 0 Å². The van der Waals surface area contributed by atoms with Gasteiger partial charge in [-0.2, -0.15) is 5.48 Å². The second-order valence-electron chi connectivity index (χ2n) is 11.6. The number of nitrogens with zero attached hydrogens (tertiary/aromatic N) is 1. The largest absolute Gasteiger partial charge is 0.507 e. The third kappa shape index (κ3) is 6.43. The van der Waals surface area contributed by atoms with E-state index in [9.17, 15) is 19.5 Å². The number of phenols is 1. The van der Waals surface area contributed by atoms with Crippen molar-refractivity contribution >= 4 is 17.9 Å². The number of piperidine rings is 1. The highest BCUT2D eigenvalue weighted by Crippen LogP contribution is 2.46. The number of hydroxylamine groups is 1. The molecule has 0 unspecified atom stereocenters. The van der Waals surface area contributed by atoms with Gasteiger partial charge in [-0.25, -0.2) is 4.79 Å². The molecule has 5 rings (SSSR count). The first-order valence-electron chi connectivity index (χ1n) is 13.9. The van der Waals surface area contributed by atoms with Crippen molar-refractivity contribution in [3.8, 4) is 17.2 Å². The summed E-state index contributed by atoms with van der Waals surface area (Å²) in [5.74, 6) is 0.113. The van der Waals surface area contributed by atoms with Gasteiger partial charge in [0.25, 0.3) is 11.8 Å². The third-order valence-electron chi connectivity index (χ3n) is 7.46. The number of phenolic OH excluding ortho intramolecular Hbond substituents is 1. The van der Waals surface area contributed by atoms with Gasteiger partial charge in [0.05, 0.1) is 12.2 Å². The molecule has 2 aliphatic heterocycles. The molecule has 0 radical (unpaired) electrons. The molecule has 220 valence electrons. The lowest BCUT2D eigenvalue weighted by Crippen LogP contribution is -2.46. The van der Waals surface area contributed by atoms with Crippen molar-refractivity contribution in [2.45, 2.75) is 51.2 Å². The van der Waals surface area contributed by atoms with E-state index in [1.165, 1.54) is 18.2 Å². The number of carbonyl (C=O) groups excluding carboxylic acids is 3. The molecule has 1 saturated heterocycles. The van der Waals surface area contributed by atoms with Crippen molar-refractivity contribution in [2.24, 2.45) is 0 Å². The number of carbonyl (C=O) groups is 3. The van der Waals surface area contributed by atoms with Crippen LogP contribution >= 0.6 is 0 Å². The SMILES string of the molecule is CC(C)(C)OC(=O)NCc1ccc2c(c1)C1(CCN(C(=O)c3ccc(C(=O)NOc4ccccc4)c(O)c3)CC1)CO2. The monoisotopic (exact) mass is 573 g/mol. The summed E-state index contributed by atoms with van der Waals surface area (Å²) in [6.07, 6.45) is 0.941. The molecule has 10 heteroatoms. The van der Waals surface area contributed by atoms with E-state index in [0.717, 1.165) is 16.9 Å². The maximum Gasteiger partial charge on any atom is 0.407 e. The second kappa shape index (κ2) is 11.6. The Morgan fingerprint density at radius 2 is 1.74 bits per heavy atom. The number of para-hydroxylation sites is 1. The lowest BCUT2D eigenvalue weighted by atomic mass is 9.74. The van der Waals surface area contributed by atoms with E-state index in [1.54, 1.807) is 29.2 Å². The number of alkyl carbamates (subject to hydrolysis) is 1. The molecule has 3 N–H and O–H groups in total. The number of rotatable bonds is 6. The Morgan fingerprint density at radius 1 is 1.00 bits per heavy atom. The van der Waals surface area contributed by atoms with Crippen LogP contribution in [0.4, 0.5) is 4.79 Å². The molecular formula is C32H35N3O7. The fourth-order valence-corrected chi connectivity index (χ4v) is 5.25. The number of amides is 3. The minimum Gasteiger partial charge on any atom is -0.507 e. The van der Waals surface area contributed by atoms with E-state index < -0.39 is 17.6 Å². The first-order chi connectivity index (χ1) is 20.0. The van der Waals surface area contributed by atoms with Crippen LogP contribution in [0.1, 0.15) is 65.5 Å². The zero-order valence-electron chi connectivity index (χ0n) is 23.9. The van der Waals surface area contributed by atoms with Crippen LogP contribution in [-0.4, -0.2) is 53.2 Å². The Morgan fingerprint density at radius 3 is 2.43 bits per heavy atom. The summed E-state index contributed by atoms with van der Waals surface area (Å²) in [6.45, 7) is 7.34. The van der Waals surface area contributed by atoms with Gasteiger partial charge in [-0.3, -0.25) is 9.59 Å². The highest BCUT2D eigenvalue weighted by atomic mass is 16.7. The molecule has 3 aromatic carbocycles. The Hall–Kier alpha value is -4.73. The topological polar surface area (TPSA) is 126 Å². The van der Waals surface area contributed by atoms with Crippen LogP contribution < -0.4 is 20.4 Å². The number of benzene rings is 3. The Labute approximate surface area is 244 Å². The summed E-state index contributed by atoms with van der Waals surface area (Å²) < 4.78 is 11.4. The fraction of sp³-hybridized carbons (Fsp3) is 0.344. The number of hydrogen-bond acceptors (Lipinski definition) is 7. The molecule has 0 bridgehead atoms. The number of likely N-dealkylation sites (tertiary alicyclic amines) is 1. The minimum absolute atomic E-state index is 0.00301. The van der Waals surface area contributed by atoms with E-state index in [1.807, 2.05) is 39.0 Å². The molecule has 0 aromatic heterocycles. The maximum absolute atomic E-state index is 13.3. The van der Waals surface area contributed by atoms with Crippen LogP contribution in [0, 0.1) is 0 Å². The van der Waals surface area contributed by atoms with Crippen LogP contribution in [0.25, 0.3) is 0 Å². The van der Waals surface area contributed by atoms with Crippen LogP contribution in [0.15, 0.2) is 66.7 Å². The summed E-state index contributed by atoms with van der Waals surface area (Å²) in [5.41, 5.74) is 3.82. The predicted octanol–water partition coefficient (Wildman–Crippen LogP) is 4.71. The molecule has 1 fully saturated rings. The zero-order chi connectivity index (χ0) is 29.9. The summed E-state index contributed by atoms with van der Waals surface area (Å²) >= 11 is 0. The van der Waals surface area contributed by atoms with Gasteiger partial charge >= 0.3 is 6.09 Å². The lowest BCUT2D eigenvalue weighted by Gasteiger charge is -2.38. The summed E-state index contributed by atoms with van der Waals surface area (Å²) in [5, 5.41) is 13.3. The molecule has 0 saturated carbocycles. The van der Waals surface area contributed by atoms with E-state index in [4.69, 9.17) is 14.3 Å². The van der Waals surface area contributed by atoms with Crippen molar-refractivity contribution in [3.63, 3.8) is 0 Å². The fourth-order valence-electron chi connectivity index (χ4n) is 5.25.